The second kappa shape index (κ2) is 7.26. The van der Waals surface area contributed by atoms with Crippen molar-refractivity contribution in [2.24, 2.45) is 0 Å². The minimum atomic E-state index is -4.00. The van der Waals surface area contributed by atoms with Gasteiger partial charge in [-0.2, -0.15) is 0 Å². The zero-order valence-electron chi connectivity index (χ0n) is 12.4. The fourth-order valence-electron chi connectivity index (χ4n) is 1.96. The number of methoxy groups -OCH3 is 1. The van der Waals surface area contributed by atoms with Gasteiger partial charge in [-0.15, -0.1) is 34.0 Å². The van der Waals surface area contributed by atoms with Crippen LogP contribution in [0.3, 0.4) is 0 Å². The van der Waals surface area contributed by atoms with Crippen molar-refractivity contribution in [3.8, 4) is 9.75 Å². The average Bonchev–Trinajstić information content (AvgIpc) is 3.26. The lowest BCUT2D eigenvalue weighted by atomic mass is 10.3. The first-order chi connectivity index (χ1) is 11.8. The van der Waals surface area contributed by atoms with Crippen molar-refractivity contribution in [1.29, 1.82) is 0 Å². The number of rotatable bonds is 5. The highest BCUT2D eigenvalue weighted by Gasteiger charge is 2.26. The van der Waals surface area contributed by atoms with E-state index < -0.39 is 16.0 Å². The topological polar surface area (TPSA) is 72.5 Å². The van der Waals surface area contributed by atoms with Crippen molar-refractivity contribution in [3.05, 3.63) is 43.2 Å². The minimum absolute atomic E-state index is 0.0471. The van der Waals surface area contributed by atoms with Gasteiger partial charge in [0.25, 0.3) is 10.0 Å². The zero-order chi connectivity index (χ0) is 18.2. The third-order valence-corrected chi connectivity index (χ3v) is 8.33. The highest BCUT2D eigenvalue weighted by Crippen LogP contribution is 2.40. The largest absolute Gasteiger partial charge is 0.465 e. The van der Waals surface area contributed by atoms with Crippen LogP contribution >= 0.6 is 57.2 Å². The van der Waals surface area contributed by atoms with E-state index in [-0.39, 0.29) is 24.1 Å². The molecular weight excluding hydrogens is 445 g/mol. The molecule has 11 heteroatoms. The molecule has 0 aliphatic rings. The maximum absolute atomic E-state index is 12.6. The number of ether oxygens (including phenoxy) is 1. The fourth-order valence-corrected chi connectivity index (χ4v) is 7.09. The Morgan fingerprint density at radius 2 is 1.96 bits per heavy atom. The van der Waals surface area contributed by atoms with Crippen LogP contribution in [0, 0.1) is 0 Å². The van der Waals surface area contributed by atoms with E-state index in [9.17, 15) is 13.2 Å². The molecule has 0 atom stereocenters. The van der Waals surface area contributed by atoms with Crippen LogP contribution in [0.25, 0.3) is 9.75 Å². The van der Waals surface area contributed by atoms with Crippen LogP contribution in [0.4, 0.5) is 5.69 Å². The van der Waals surface area contributed by atoms with Crippen molar-refractivity contribution in [1.82, 2.24) is 0 Å². The van der Waals surface area contributed by atoms with E-state index in [1.807, 2.05) is 17.5 Å². The predicted molar refractivity (Wildman–Crippen MR) is 104 cm³/mol. The van der Waals surface area contributed by atoms with Gasteiger partial charge in [-0.25, -0.2) is 13.2 Å². The van der Waals surface area contributed by atoms with E-state index >= 15 is 0 Å². The molecule has 0 unspecified atom stereocenters. The maximum atomic E-state index is 12.6. The number of esters is 1. The van der Waals surface area contributed by atoms with Crippen LogP contribution in [-0.4, -0.2) is 21.5 Å². The SMILES string of the molecule is COC(=O)c1sc(-c2cccs2)cc1NS(=O)(=O)c1cc(Cl)sc1Cl. The molecule has 0 saturated carbocycles. The number of nitrogens with one attached hydrogen (secondary N) is 1. The third kappa shape index (κ3) is 3.86. The van der Waals surface area contributed by atoms with E-state index in [1.54, 1.807) is 6.07 Å². The van der Waals surface area contributed by atoms with Crippen LogP contribution in [-0.2, 0) is 14.8 Å². The average molecular weight is 454 g/mol. The zero-order valence-corrected chi connectivity index (χ0v) is 17.2. The van der Waals surface area contributed by atoms with Crippen molar-refractivity contribution in [3.63, 3.8) is 0 Å². The van der Waals surface area contributed by atoms with Gasteiger partial charge in [-0.05, 0) is 23.6 Å². The van der Waals surface area contributed by atoms with Gasteiger partial charge >= 0.3 is 5.97 Å². The predicted octanol–water partition coefficient (Wildman–Crippen LogP) is 5.43. The van der Waals surface area contributed by atoms with Crippen LogP contribution in [0.5, 0.6) is 0 Å². The number of carbonyl (C=O) groups excluding carboxylic acids is 1. The summed E-state index contributed by atoms with van der Waals surface area (Å²) in [6, 6.07) is 6.61. The van der Waals surface area contributed by atoms with Gasteiger partial charge < -0.3 is 4.74 Å². The summed E-state index contributed by atoms with van der Waals surface area (Å²) in [5.41, 5.74) is 0.138. The second-order valence-corrected chi connectivity index (χ2v) is 10.6. The smallest absolute Gasteiger partial charge is 0.350 e. The number of hydrogen-bond donors (Lipinski definition) is 1. The summed E-state index contributed by atoms with van der Waals surface area (Å²) in [7, 11) is -2.76. The number of halogens is 2. The monoisotopic (exact) mass is 453 g/mol. The van der Waals surface area contributed by atoms with Crippen molar-refractivity contribution in [2.75, 3.05) is 11.8 Å². The number of hydrogen-bond acceptors (Lipinski definition) is 7. The summed E-state index contributed by atoms with van der Waals surface area (Å²) < 4.78 is 32.7. The third-order valence-electron chi connectivity index (χ3n) is 3.03. The lowest BCUT2D eigenvalue weighted by molar-refractivity contribution is 0.0607. The van der Waals surface area contributed by atoms with E-state index in [4.69, 9.17) is 27.9 Å². The van der Waals surface area contributed by atoms with E-state index in [2.05, 4.69) is 4.72 Å². The molecule has 25 heavy (non-hydrogen) atoms. The first kappa shape index (κ1) is 18.7. The summed E-state index contributed by atoms with van der Waals surface area (Å²) >= 11 is 15.3. The molecule has 5 nitrogen and oxygen atoms in total. The van der Waals surface area contributed by atoms with Crippen LogP contribution in [0.1, 0.15) is 9.67 Å². The van der Waals surface area contributed by atoms with Crippen molar-refractivity contribution >= 4 is 78.9 Å². The Morgan fingerprint density at radius 1 is 1.20 bits per heavy atom. The molecule has 0 bridgehead atoms. The molecule has 0 aliphatic heterocycles. The second-order valence-electron chi connectivity index (χ2n) is 4.62. The lowest BCUT2D eigenvalue weighted by Gasteiger charge is -2.07. The number of carbonyl (C=O) groups is 1. The minimum Gasteiger partial charge on any atom is -0.465 e. The Bertz CT molecular complexity index is 1020. The summed E-state index contributed by atoms with van der Waals surface area (Å²) in [4.78, 5) is 13.7. The summed E-state index contributed by atoms with van der Waals surface area (Å²) in [5, 5.41) is 1.89. The van der Waals surface area contributed by atoms with E-state index in [1.165, 1.54) is 24.5 Å². The van der Waals surface area contributed by atoms with Gasteiger partial charge in [-0.1, -0.05) is 29.3 Å². The maximum Gasteiger partial charge on any atom is 0.350 e. The van der Waals surface area contributed by atoms with E-state index in [0.717, 1.165) is 32.4 Å². The molecule has 3 aromatic heterocycles. The summed E-state index contributed by atoms with van der Waals surface area (Å²) in [6.07, 6.45) is 0. The molecule has 0 aromatic carbocycles. The normalized spacial score (nSPS) is 11.5. The first-order valence-electron chi connectivity index (χ1n) is 6.55. The van der Waals surface area contributed by atoms with Crippen LogP contribution in [0.15, 0.2) is 34.5 Å². The molecule has 0 fully saturated rings. The molecule has 1 N–H and O–H groups in total. The van der Waals surface area contributed by atoms with Gasteiger partial charge in [0.2, 0.25) is 0 Å². The summed E-state index contributed by atoms with van der Waals surface area (Å²) in [5.74, 6) is -0.625. The van der Waals surface area contributed by atoms with Crippen molar-refractivity contribution in [2.45, 2.75) is 4.90 Å². The van der Waals surface area contributed by atoms with E-state index in [0.29, 0.717) is 0 Å². The molecule has 0 spiro atoms. The molecule has 132 valence electrons. The first-order valence-corrected chi connectivity index (χ1v) is 11.3. The van der Waals surface area contributed by atoms with Crippen molar-refractivity contribution < 1.29 is 17.9 Å². The lowest BCUT2D eigenvalue weighted by Crippen LogP contribution is -2.14. The Balaban J connectivity index is 2.04. The van der Waals surface area contributed by atoms with Gasteiger partial charge in [-0.3, -0.25) is 4.72 Å². The molecule has 3 rings (SSSR count). The Morgan fingerprint density at radius 3 is 2.52 bits per heavy atom. The van der Waals surface area contributed by atoms with Gasteiger partial charge in [0.15, 0.2) is 0 Å². The molecule has 0 aliphatic carbocycles. The Hall–Kier alpha value is -1.10. The molecule has 0 saturated heterocycles. The Kier molecular flexibility index (Phi) is 5.42. The Labute approximate surface area is 165 Å². The standard InChI is InChI=1S/C14H9Cl2NO4S4/c1-21-14(18)12-7(5-9(23-12)8-3-2-4-22-8)17-25(19,20)10-6-11(15)24-13(10)16/h2-6,17H,1H3. The molecule has 0 amide bonds. The molecule has 3 aromatic rings. The molecule has 0 radical (unpaired) electrons. The highest BCUT2D eigenvalue weighted by atomic mass is 35.5. The number of anilines is 1. The van der Waals surface area contributed by atoms with Crippen LogP contribution < -0.4 is 4.72 Å². The number of sulfonamides is 1. The quantitative estimate of drug-likeness (QED) is 0.522. The fraction of sp³-hybridized carbons (Fsp3) is 0.0714. The van der Waals surface area contributed by atoms with Gasteiger partial charge in [0.1, 0.15) is 14.1 Å². The van der Waals surface area contributed by atoms with Gasteiger partial charge in [0.05, 0.1) is 17.1 Å². The number of thiophene rings is 3. The van der Waals surface area contributed by atoms with Gasteiger partial charge in [0, 0.05) is 9.75 Å². The summed E-state index contributed by atoms with van der Waals surface area (Å²) in [6.45, 7) is 0. The molecular formula is C14H9Cl2NO4S4. The van der Waals surface area contributed by atoms with Crippen LogP contribution in [0.2, 0.25) is 8.67 Å². The highest BCUT2D eigenvalue weighted by molar-refractivity contribution is 7.93. The molecule has 3 heterocycles.